The molecule has 0 aliphatic heterocycles. The number of hydrazone groups is 1. The van der Waals surface area contributed by atoms with E-state index in [1.54, 1.807) is 43.4 Å². The predicted octanol–water partition coefficient (Wildman–Crippen LogP) is 2.26. The van der Waals surface area contributed by atoms with Gasteiger partial charge in [-0.25, -0.2) is 0 Å². The summed E-state index contributed by atoms with van der Waals surface area (Å²) < 4.78 is 26.1. The Hall–Kier alpha value is -3.13. The Morgan fingerprint density at radius 2 is 1.74 bits per heavy atom. The van der Waals surface area contributed by atoms with Gasteiger partial charge in [0.1, 0.15) is 11.3 Å². The van der Waals surface area contributed by atoms with Gasteiger partial charge >= 0.3 is 0 Å². The standard InChI is InChI=1S/C19H19N3O4S/c1-12-8-10-14(11-9-12)27(25,26)21-20-13(2)17-18(23)15-6-4-5-7-16(15)22(3)19(17)24/h4-11,21,23H,1-3H3/b20-13+. The quantitative estimate of drug-likeness (QED) is 0.531. The van der Waals surface area contributed by atoms with Gasteiger partial charge in [-0.1, -0.05) is 29.8 Å². The van der Waals surface area contributed by atoms with E-state index < -0.39 is 15.6 Å². The van der Waals surface area contributed by atoms with Crippen molar-refractivity contribution in [1.29, 1.82) is 0 Å². The van der Waals surface area contributed by atoms with E-state index in [4.69, 9.17) is 0 Å². The number of para-hydroxylation sites is 1. The number of aromatic hydroxyl groups is 1. The third kappa shape index (κ3) is 3.43. The van der Waals surface area contributed by atoms with Crippen LogP contribution in [0.15, 0.2) is 63.3 Å². The maximum Gasteiger partial charge on any atom is 0.276 e. The highest BCUT2D eigenvalue weighted by molar-refractivity contribution is 7.89. The number of hydrogen-bond donors (Lipinski definition) is 2. The first kappa shape index (κ1) is 18.7. The average molecular weight is 385 g/mol. The molecule has 27 heavy (non-hydrogen) atoms. The minimum Gasteiger partial charge on any atom is -0.506 e. The van der Waals surface area contributed by atoms with E-state index in [9.17, 15) is 18.3 Å². The van der Waals surface area contributed by atoms with E-state index in [1.807, 2.05) is 6.92 Å². The second-order valence-electron chi connectivity index (χ2n) is 6.21. The summed E-state index contributed by atoms with van der Waals surface area (Å²) in [6, 6.07) is 13.2. The monoisotopic (exact) mass is 385 g/mol. The fourth-order valence-electron chi connectivity index (χ4n) is 2.76. The number of hydrogen-bond acceptors (Lipinski definition) is 5. The third-order valence-corrected chi connectivity index (χ3v) is 5.53. The minimum atomic E-state index is -3.89. The molecule has 7 nitrogen and oxygen atoms in total. The highest BCUT2D eigenvalue weighted by Crippen LogP contribution is 2.26. The zero-order chi connectivity index (χ0) is 19.8. The van der Waals surface area contributed by atoms with Gasteiger partial charge in [0.15, 0.2) is 0 Å². The van der Waals surface area contributed by atoms with Crippen LogP contribution in [0.1, 0.15) is 18.1 Å². The van der Waals surface area contributed by atoms with Crippen molar-refractivity contribution < 1.29 is 13.5 Å². The lowest BCUT2D eigenvalue weighted by Crippen LogP contribution is -2.26. The number of benzene rings is 2. The molecule has 2 aromatic carbocycles. The molecular formula is C19H19N3O4S. The molecule has 0 aliphatic rings. The first-order valence-corrected chi connectivity index (χ1v) is 9.64. The van der Waals surface area contributed by atoms with Gasteiger partial charge in [0.05, 0.1) is 16.1 Å². The summed E-state index contributed by atoms with van der Waals surface area (Å²) in [5.41, 5.74) is 1.04. The summed E-state index contributed by atoms with van der Waals surface area (Å²) >= 11 is 0. The largest absolute Gasteiger partial charge is 0.506 e. The summed E-state index contributed by atoms with van der Waals surface area (Å²) in [5.74, 6) is -0.232. The fraction of sp³-hybridized carbons (Fsp3) is 0.158. The van der Waals surface area contributed by atoms with Crippen molar-refractivity contribution >= 4 is 26.6 Å². The molecule has 0 unspecified atom stereocenters. The Labute approximate surface area is 156 Å². The van der Waals surface area contributed by atoms with E-state index >= 15 is 0 Å². The molecule has 0 saturated carbocycles. The van der Waals surface area contributed by atoms with E-state index in [-0.39, 0.29) is 21.9 Å². The van der Waals surface area contributed by atoms with Crippen molar-refractivity contribution in [1.82, 2.24) is 9.40 Å². The van der Waals surface area contributed by atoms with Gasteiger partial charge in [-0.15, -0.1) is 0 Å². The van der Waals surface area contributed by atoms with Crippen LogP contribution >= 0.6 is 0 Å². The predicted molar refractivity (Wildman–Crippen MR) is 105 cm³/mol. The highest BCUT2D eigenvalue weighted by Gasteiger charge is 2.18. The zero-order valence-corrected chi connectivity index (χ0v) is 15.9. The maximum absolute atomic E-state index is 12.6. The number of aryl methyl sites for hydroxylation is 2. The fourth-order valence-corrected chi connectivity index (χ4v) is 3.62. The van der Waals surface area contributed by atoms with Gasteiger partial charge in [-0.3, -0.25) is 4.79 Å². The van der Waals surface area contributed by atoms with Crippen LogP contribution in [0.4, 0.5) is 0 Å². The molecule has 1 aromatic heterocycles. The minimum absolute atomic E-state index is 0.0530. The number of pyridine rings is 1. The van der Waals surface area contributed by atoms with Crippen LogP contribution in [0, 0.1) is 6.92 Å². The second kappa shape index (κ2) is 6.88. The topological polar surface area (TPSA) is 101 Å². The van der Waals surface area contributed by atoms with Gasteiger partial charge in [0.25, 0.3) is 15.6 Å². The van der Waals surface area contributed by atoms with Crippen molar-refractivity contribution in [2.45, 2.75) is 18.7 Å². The molecule has 8 heteroatoms. The molecule has 0 amide bonds. The molecule has 3 rings (SSSR count). The van der Waals surface area contributed by atoms with Gasteiger partial charge in [0.2, 0.25) is 0 Å². The van der Waals surface area contributed by atoms with E-state index in [2.05, 4.69) is 9.93 Å². The lowest BCUT2D eigenvalue weighted by atomic mass is 10.1. The Morgan fingerprint density at radius 1 is 1.11 bits per heavy atom. The molecule has 0 fully saturated rings. The lowest BCUT2D eigenvalue weighted by molar-refractivity contribution is 0.478. The molecule has 0 bridgehead atoms. The smallest absolute Gasteiger partial charge is 0.276 e. The second-order valence-corrected chi connectivity index (χ2v) is 7.87. The molecule has 0 saturated heterocycles. The van der Waals surface area contributed by atoms with Crippen LogP contribution in [-0.2, 0) is 17.1 Å². The normalized spacial score (nSPS) is 12.3. The van der Waals surface area contributed by atoms with Crippen molar-refractivity contribution in [3.05, 3.63) is 70.0 Å². The molecule has 2 N–H and O–H groups in total. The van der Waals surface area contributed by atoms with Crippen molar-refractivity contribution in [2.24, 2.45) is 12.1 Å². The molecular weight excluding hydrogens is 366 g/mol. The van der Waals surface area contributed by atoms with Crippen LogP contribution in [0.2, 0.25) is 0 Å². The molecule has 140 valence electrons. The van der Waals surface area contributed by atoms with E-state index in [1.165, 1.54) is 23.6 Å². The first-order chi connectivity index (χ1) is 12.7. The van der Waals surface area contributed by atoms with Crippen LogP contribution < -0.4 is 10.4 Å². The number of rotatable bonds is 4. The number of nitrogens with one attached hydrogen (secondary N) is 1. The zero-order valence-electron chi connectivity index (χ0n) is 15.1. The summed E-state index contributed by atoms with van der Waals surface area (Å²) in [5, 5.41) is 14.8. The third-order valence-electron chi connectivity index (χ3n) is 4.30. The van der Waals surface area contributed by atoms with E-state index in [0.717, 1.165) is 5.56 Å². The van der Waals surface area contributed by atoms with Crippen molar-refractivity contribution in [3.63, 3.8) is 0 Å². The summed E-state index contributed by atoms with van der Waals surface area (Å²) in [7, 11) is -2.31. The molecule has 0 atom stereocenters. The Morgan fingerprint density at radius 3 is 2.41 bits per heavy atom. The van der Waals surface area contributed by atoms with Gasteiger partial charge < -0.3 is 9.67 Å². The number of nitrogens with zero attached hydrogens (tertiary/aromatic N) is 2. The summed E-state index contributed by atoms with van der Waals surface area (Å²) in [4.78, 5) is 14.8. The Kier molecular flexibility index (Phi) is 4.75. The van der Waals surface area contributed by atoms with Crippen LogP contribution in [0.5, 0.6) is 5.75 Å². The first-order valence-electron chi connectivity index (χ1n) is 8.16. The van der Waals surface area contributed by atoms with Crippen LogP contribution in [0.3, 0.4) is 0 Å². The molecule has 0 aliphatic carbocycles. The van der Waals surface area contributed by atoms with Gasteiger partial charge in [-0.05, 0) is 38.1 Å². The SMILES string of the molecule is C/C(=N\NS(=O)(=O)c1ccc(C)cc1)c1c(O)c2ccccc2n(C)c1=O. The van der Waals surface area contributed by atoms with E-state index in [0.29, 0.717) is 10.9 Å². The Bertz CT molecular complexity index is 1210. The number of sulfonamides is 1. The molecule has 1 heterocycles. The number of aromatic nitrogens is 1. The Balaban J connectivity index is 2.04. The molecule has 3 aromatic rings. The summed E-state index contributed by atoms with van der Waals surface area (Å²) in [6.07, 6.45) is 0. The van der Waals surface area contributed by atoms with Gasteiger partial charge in [-0.2, -0.15) is 18.4 Å². The lowest BCUT2D eigenvalue weighted by Gasteiger charge is -2.12. The van der Waals surface area contributed by atoms with Gasteiger partial charge in [0, 0.05) is 12.4 Å². The maximum atomic E-state index is 12.6. The number of fused-ring (bicyclic) bond motifs is 1. The molecule has 0 spiro atoms. The molecule has 0 radical (unpaired) electrons. The van der Waals surface area contributed by atoms with Crippen LogP contribution in [0.25, 0.3) is 10.9 Å². The van der Waals surface area contributed by atoms with Crippen LogP contribution in [-0.4, -0.2) is 23.8 Å². The van der Waals surface area contributed by atoms with Crippen molar-refractivity contribution in [3.8, 4) is 5.75 Å². The average Bonchev–Trinajstić information content (AvgIpc) is 2.65. The van der Waals surface area contributed by atoms with Crippen molar-refractivity contribution in [2.75, 3.05) is 0 Å². The highest BCUT2D eigenvalue weighted by atomic mass is 32.2. The summed E-state index contributed by atoms with van der Waals surface area (Å²) in [6.45, 7) is 3.31.